The molecule has 0 saturated carbocycles. The van der Waals surface area contributed by atoms with Crippen LogP contribution in [-0.2, 0) is 4.79 Å². The molecule has 12 nitrogen and oxygen atoms in total. The average molecular weight is 541 g/mol. The van der Waals surface area contributed by atoms with Crippen molar-refractivity contribution in [2.45, 2.75) is 19.9 Å². The number of ether oxygens (including phenoxy) is 1. The van der Waals surface area contributed by atoms with Crippen molar-refractivity contribution >= 4 is 40.0 Å². The van der Waals surface area contributed by atoms with E-state index in [9.17, 15) is 4.79 Å². The van der Waals surface area contributed by atoms with E-state index in [-0.39, 0.29) is 17.6 Å². The molecule has 202 valence electrons. The number of carbonyl (C=O) groups is 1. The number of carbonyl (C=O) groups excluding carboxylic acids is 1. The molecule has 0 unspecified atom stereocenters. The Morgan fingerprint density at radius 3 is 2.88 bits per heavy atom. The number of hydrogen-bond acceptors (Lipinski definition) is 10. The van der Waals surface area contributed by atoms with Gasteiger partial charge >= 0.3 is 0 Å². The third kappa shape index (κ3) is 4.61. The Kier molecular flexibility index (Phi) is 6.38. The van der Waals surface area contributed by atoms with E-state index in [1.54, 1.807) is 53.0 Å². The fourth-order valence-electron chi connectivity index (χ4n) is 4.65. The summed E-state index contributed by atoms with van der Waals surface area (Å²) in [7, 11) is 0. The first-order valence-corrected chi connectivity index (χ1v) is 12.6. The van der Waals surface area contributed by atoms with Crippen LogP contribution in [0, 0.1) is 12.7 Å². The number of nitrogens with zero attached hydrogens (tertiary/aromatic N) is 9. The van der Waals surface area contributed by atoms with Gasteiger partial charge in [0.1, 0.15) is 35.2 Å². The molecule has 1 fully saturated rings. The fraction of sp³-hybridized carbons (Fsp3) is 0.222. The van der Waals surface area contributed by atoms with Gasteiger partial charge in [0.05, 0.1) is 11.9 Å². The Balaban J connectivity index is 1.26. The van der Waals surface area contributed by atoms with Gasteiger partial charge in [0.2, 0.25) is 11.9 Å². The van der Waals surface area contributed by atoms with E-state index in [4.69, 9.17) is 9.72 Å². The second kappa shape index (κ2) is 10.2. The normalized spacial score (nSPS) is 15.4. The highest BCUT2D eigenvalue weighted by Gasteiger charge is 2.28. The Morgan fingerprint density at radius 2 is 2.05 bits per heavy atom. The van der Waals surface area contributed by atoms with Gasteiger partial charge in [-0.25, -0.2) is 33.8 Å². The molecule has 6 rings (SSSR count). The zero-order chi connectivity index (χ0) is 27.8. The Hall–Kier alpha value is -5.20. The van der Waals surface area contributed by atoms with E-state index in [2.05, 4.69) is 36.9 Å². The highest BCUT2D eigenvalue weighted by atomic mass is 19.1. The zero-order valence-electron chi connectivity index (χ0n) is 21.8. The van der Waals surface area contributed by atoms with E-state index in [0.29, 0.717) is 65.1 Å². The van der Waals surface area contributed by atoms with Gasteiger partial charge in [-0.15, -0.1) is 0 Å². The molecule has 40 heavy (non-hydrogen) atoms. The van der Waals surface area contributed by atoms with Gasteiger partial charge in [0.25, 0.3) is 0 Å². The van der Waals surface area contributed by atoms with Crippen LogP contribution in [0.4, 0.5) is 21.8 Å². The molecule has 0 spiro atoms. The molecule has 4 aromatic heterocycles. The average Bonchev–Trinajstić information content (AvgIpc) is 3.44. The Morgan fingerprint density at radius 1 is 1.18 bits per heavy atom. The van der Waals surface area contributed by atoms with E-state index < -0.39 is 5.82 Å². The molecule has 0 aliphatic carbocycles. The number of aromatic nitrogens is 7. The number of piperazine rings is 1. The minimum absolute atomic E-state index is 0.0192. The molecular formula is C27H25FN10O2. The summed E-state index contributed by atoms with van der Waals surface area (Å²) in [5, 5.41) is 7.12. The second-order valence-corrected chi connectivity index (χ2v) is 9.36. The number of anilines is 3. The first-order valence-electron chi connectivity index (χ1n) is 12.6. The SMILES string of the molecule is C=CC(=O)N1CCN(c2ncc3ncnc(Nc4ccc(Oc5ccn6ncnc6c5)c(C)c4F)c3n2)[C@@H](C)C1. The van der Waals surface area contributed by atoms with Crippen molar-refractivity contribution in [3.05, 3.63) is 73.3 Å². The Labute approximate surface area is 228 Å². The number of pyridine rings is 1. The van der Waals surface area contributed by atoms with Crippen LogP contribution in [0.5, 0.6) is 11.5 Å². The summed E-state index contributed by atoms with van der Waals surface area (Å²) in [6.45, 7) is 8.82. The predicted molar refractivity (Wildman–Crippen MR) is 146 cm³/mol. The first kappa shape index (κ1) is 25.1. The quantitative estimate of drug-likeness (QED) is 0.319. The van der Waals surface area contributed by atoms with Crippen molar-refractivity contribution in [1.29, 1.82) is 0 Å². The van der Waals surface area contributed by atoms with E-state index in [1.165, 1.54) is 18.7 Å². The number of hydrogen-bond donors (Lipinski definition) is 1. The number of nitrogens with one attached hydrogen (secondary N) is 1. The van der Waals surface area contributed by atoms with Crippen molar-refractivity contribution in [1.82, 2.24) is 39.4 Å². The minimum atomic E-state index is -0.487. The standard InChI is InChI=1S/C27H25FN10O2/c1-4-23(39)36-9-10-37(16(2)13-36)27-29-12-20-25(35-27)26(32-14-30-20)34-19-5-6-21(17(3)24(19)28)40-18-7-8-38-22(11-18)31-15-33-38/h4-8,11-12,14-16H,1,9-10,13H2,2-3H3,(H,30,32,34)/t16-/m0/s1. The zero-order valence-corrected chi connectivity index (χ0v) is 21.8. The van der Waals surface area contributed by atoms with Crippen molar-refractivity contribution < 1.29 is 13.9 Å². The summed E-state index contributed by atoms with van der Waals surface area (Å²) in [5.74, 6) is 1.11. The van der Waals surface area contributed by atoms with E-state index >= 15 is 4.39 Å². The van der Waals surface area contributed by atoms with Gasteiger partial charge in [-0.2, -0.15) is 5.10 Å². The predicted octanol–water partition coefficient (Wildman–Crippen LogP) is 3.67. The summed E-state index contributed by atoms with van der Waals surface area (Å²) in [4.78, 5) is 37.8. The second-order valence-electron chi connectivity index (χ2n) is 9.36. The summed E-state index contributed by atoms with van der Waals surface area (Å²) in [6.07, 6.45) is 7.48. The number of halogens is 1. The summed E-state index contributed by atoms with van der Waals surface area (Å²) in [6, 6.07) is 6.70. The molecule has 5 heterocycles. The minimum Gasteiger partial charge on any atom is -0.457 e. The van der Waals surface area contributed by atoms with Gasteiger partial charge in [0, 0.05) is 43.5 Å². The number of amides is 1. The summed E-state index contributed by atoms with van der Waals surface area (Å²) < 4.78 is 23.1. The van der Waals surface area contributed by atoms with Crippen molar-refractivity contribution in [2.24, 2.45) is 0 Å². The molecule has 1 saturated heterocycles. The highest BCUT2D eigenvalue weighted by Crippen LogP contribution is 2.33. The first-order chi connectivity index (χ1) is 19.4. The van der Waals surface area contributed by atoms with Crippen LogP contribution in [0.25, 0.3) is 16.7 Å². The van der Waals surface area contributed by atoms with Crippen molar-refractivity contribution in [3.63, 3.8) is 0 Å². The highest BCUT2D eigenvalue weighted by molar-refractivity contribution is 5.88. The third-order valence-corrected chi connectivity index (χ3v) is 6.81. The van der Waals surface area contributed by atoms with Crippen molar-refractivity contribution in [2.75, 3.05) is 29.9 Å². The van der Waals surface area contributed by atoms with Crippen molar-refractivity contribution in [3.8, 4) is 11.5 Å². The molecule has 1 amide bonds. The Bertz CT molecular complexity index is 1760. The lowest BCUT2D eigenvalue weighted by molar-refractivity contribution is -0.126. The molecule has 1 aliphatic heterocycles. The van der Waals surface area contributed by atoms with Crippen LogP contribution in [-0.4, -0.2) is 71.0 Å². The maximum atomic E-state index is 15.5. The van der Waals surface area contributed by atoms with Crippen LogP contribution in [0.3, 0.4) is 0 Å². The molecule has 1 N–H and O–H groups in total. The number of fused-ring (bicyclic) bond motifs is 2. The molecular weight excluding hydrogens is 515 g/mol. The lowest BCUT2D eigenvalue weighted by Crippen LogP contribution is -2.54. The van der Waals surface area contributed by atoms with Crippen LogP contribution in [0.2, 0.25) is 0 Å². The van der Waals surface area contributed by atoms with Crippen LogP contribution < -0.4 is 15.0 Å². The smallest absolute Gasteiger partial charge is 0.246 e. The molecule has 1 aliphatic rings. The number of benzene rings is 1. The monoisotopic (exact) mass is 540 g/mol. The van der Waals surface area contributed by atoms with E-state index in [0.717, 1.165) is 0 Å². The molecule has 0 bridgehead atoms. The lowest BCUT2D eigenvalue weighted by Gasteiger charge is -2.39. The topological polar surface area (TPSA) is 127 Å². The van der Waals surface area contributed by atoms with Gasteiger partial charge in [-0.05, 0) is 38.1 Å². The largest absolute Gasteiger partial charge is 0.457 e. The van der Waals surface area contributed by atoms with Crippen LogP contribution in [0.15, 0.2) is 62.0 Å². The molecule has 1 aromatic carbocycles. The van der Waals surface area contributed by atoms with Gasteiger partial charge in [-0.3, -0.25) is 4.79 Å². The fourth-order valence-corrected chi connectivity index (χ4v) is 4.65. The molecule has 1 atom stereocenters. The maximum absolute atomic E-state index is 15.5. The van der Waals surface area contributed by atoms with Gasteiger partial charge in [0.15, 0.2) is 17.3 Å². The van der Waals surface area contributed by atoms with Crippen LogP contribution >= 0.6 is 0 Å². The van der Waals surface area contributed by atoms with Gasteiger partial charge < -0.3 is 19.9 Å². The lowest BCUT2D eigenvalue weighted by atomic mass is 10.1. The molecule has 13 heteroatoms. The van der Waals surface area contributed by atoms with Gasteiger partial charge in [-0.1, -0.05) is 6.58 Å². The summed E-state index contributed by atoms with van der Waals surface area (Å²) >= 11 is 0. The maximum Gasteiger partial charge on any atom is 0.246 e. The number of rotatable bonds is 6. The summed E-state index contributed by atoms with van der Waals surface area (Å²) in [5.41, 5.74) is 2.11. The third-order valence-electron chi connectivity index (χ3n) is 6.81. The van der Waals surface area contributed by atoms with Crippen LogP contribution in [0.1, 0.15) is 12.5 Å². The van der Waals surface area contributed by atoms with E-state index in [1.807, 2.05) is 11.8 Å². The molecule has 0 radical (unpaired) electrons. The molecule has 5 aromatic rings.